The lowest BCUT2D eigenvalue weighted by atomic mass is 10.1. The molecule has 1 amide bonds. The SMILES string of the molecule is CC(C)CC(=O)Nc1c(Cl)ccc2nsnc12. The molecule has 1 aromatic carbocycles. The van der Waals surface area contributed by atoms with Crippen LogP contribution < -0.4 is 5.32 Å². The molecule has 0 saturated carbocycles. The van der Waals surface area contributed by atoms with E-state index in [0.717, 1.165) is 17.2 Å². The van der Waals surface area contributed by atoms with Gasteiger partial charge in [-0.2, -0.15) is 8.75 Å². The molecule has 6 heteroatoms. The normalized spacial score (nSPS) is 11.1. The summed E-state index contributed by atoms with van der Waals surface area (Å²) in [6, 6.07) is 3.51. The number of hydrogen-bond acceptors (Lipinski definition) is 4. The molecule has 0 aliphatic heterocycles. The Balaban J connectivity index is 2.31. The minimum absolute atomic E-state index is 0.0533. The van der Waals surface area contributed by atoms with E-state index < -0.39 is 0 Å². The van der Waals surface area contributed by atoms with Crippen LogP contribution in [0.4, 0.5) is 5.69 Å². The van der Waals surface area contributed by atoms with Crippen LogP contribution in [0.15, 0.2) is 12.1 Å². The summed E-state index contributed by atoms with van der Waals surface area (Å²) in [5.74, 6) is 0.254. The average molecular weight is 270 g/mol. The van der Waals surface area contributed by atoms with Crippen LogP contribution in [0.1, 0.15) is 20.3 Å². The number of fused-ring (bicyclic) bond motifs is 1. The van der Waals surface area contributed by atoms with E-state index in [0.29, 0.717) is 28.6 Å². The molecule has 0 spiro atoms. The number of rotatable bonds is 3. The van der Waals surface area contributed by atoms with Gasteiger partial charge in [0.15, 0.2) is 0 Å². The zero-order chi connectivity index (χ0) is 12.4. The van der Waals surface area contributed by atoms with Crippen molar-refractivity contribution in [2.45, 2.75) is 20.3 Å². The van der Waals surface area contributed by atoms with Gasteiger partial charge in [-0.25, -0.2) is 0 Å². The molecule has 0 atom stereocenters. The number of benzene rings is 1. The number of amides is 1. The fourth-order valence-corrected chi connectivity index (χ4v) is 2.25. The number of nitrogens with zero attached hydrogens (tertiary/aromatic N) is 2. The first-order chi connectivity index (χ1) is 8.08. The monoisotopic (exact) mass is 269 g/mol. The number of anilines is 1. The lowest BCUT2D eigenvalue weighted by Crippen LogP contribution is -2.14. The molecule has 0 aliphatic rings. The molecule has 0 saturated heterocycles. The van der Waals surface area contributed by atoms with Gasteiger partial charge in [-0.1, -0.05) is 25.4 Å². The fourth-order valence-electron chi connectivity index (χ4n) is 1.51. The van der Waals surface area contributed by atoms with Crippen molar-refractivity contribution in [3.8, 4) is 0 Å². The molecule has 0 bridgehead atoms. The maximum Gasteiger partial charge on any atom is 0.224 e. The van der Waals surface area contributed by atoms with E-state index in [4.69, 9.17) is 11.6 Å². The predicted molar refractivity (Wildman–Crippen MR) is 70.5 cm³/mol. The first-order valence-electron chi connectivity index (χ1n) is 5.28. The Hall–Kier alpha value is -1.20. The van der Waals surface area contributed by atoms with Crippen LogP contribution in [0.5, 0.6) is 0 Å². The maximum atomic E-state index is 11.7. The van der Waals surface area contributed by atoms with E-state index in [-0.39, 0.29) is 5.91 Å². The molecule has 1 N–H and O–H groups in total. The molecule has 2 rings (SSSR count). The van der Waals surface area contributed by atoms with Crippen molar-refractivity contribution < 1.29 is 4.79 Å². The lowest BCUT2D eigenvalue weighted by molar-refractivity contribution is -0.116. The highest BCUT2D eigenvalue weighted by atomic mass is 35.5. The van der Waals surface area contributed by atoms with Gasteiger partial charge in [-0.3, -0.25) is 4.79 Å². The molecule has 0 unspecified atom stereocenters. The van der Waals surface area contributed by atoms with E-state index in [2.05, 4.69) is 14.1 Å². The Labute approximate surface area is 108 Å². The average Bonchev–Trinajstić information content (AvgIpc) is 2.69. The molecule has 0 radical (unpaired) electrons. The van der Waals surface area contributed by atoms with Gasteiger partial charge in [-0.05, 0) is 18.1 Å². The quantitative estimate of drug-likeness (QED) is 0.930. The van der Waals surface area contributed by atoms with Gasteiger partial charge >= 0.3 is 0 Å². The molecule has 1 heterocycles. The van der Waals surface area contributed by atoms with Crippen LogP contribution in [0.3, 0.4) is 0 Å². The summed E-state index contributed by atoms with van der Waals surface area (Å²) in [7, 11) is 0. The van der Waals surface area contributed by atoms with Crippen LogP contribution >= 0.6 is 23.3 Å². The van der Waals surface area contributed by atoms with Crippen molar-refractivity contribution in [1.29, 1.82) is 0 Å². The van der Waals surface area contributed by atoms with Gasteiger partial charge in [0, 0.05) is 6.42 Å². The number of hydrogen-bond donors (Lipinski definition) is 1. The van der Waals surface area contributed by atoms with E-state index in [1.54, 1.807) is 12.1 Å². The van der Waals surface area contributed by atoms with Crippen molar-refractivity contribution in [2.75, 3.05) is 5.32 Å². The Kier molecular flexibility index (Phi) is 3.59. The molecule has 1 aromatic heterocycles. The minimum atomic E-state index is -0.0533. The third-order valence-electron chi connectivity index (χ3n) is 2.24. The summed E-state index contributed by atoms with van der Waals surface area (Å²) in [5.41, 5.74) is 1.96. The third-order valence-corrected chi connectivity index (χ3v) is 3.09. The van der Waals surface area contributed by atoms with Crippen LogP contribution in [-0.2, 0) is 4.79 Å². The number of aromatic nitrogens is 2. The van der Waals surface area contributed by atoms with Gasteiger partial charge < -0.3 is 5.32 Å². The Morgan fingerprint density at radius 2 is 2.24 bits per heavy atom. The van der Waals surface area contributed by atoms with E-state index in [1.165, 1.54) is 0 Å². The summed E-state index contributed by atoms with van der Waals surface area (Å²) >= 11 is 7.17. The fraction of sp³-hybridized carbons (Fsp3) is 0.364. The van der Waals surface area contributed by atoms with Crippen LogP contribution in [-0.4, -0.2) is 14.7 Å². The molecule has 4 nitrogen and oxygen atoms in total. The predicted octanol–water partition coefficient (Wildman–Crippen LogP) is 3.33. The van der Waals surface area contributed by atoms with Gasteiger partial charge in [-0.15, -0.1) is 0 Å². The summed E-state index contributed by atoms with van der Waals surface area (Å²) in [5, 5.41) is 3.29. The highest BCUT2D eigenvalue weighted by Gasteiger charge is 2.13. The summed E-state index contributed by atoms with van der Waals surface area (Å²) in [6.07, 6.45) is 0.463. The Morgan fingerprint density at radius 1 is 1.47 bits per heavy atom. The zero-order valence-corrected chi connectivity index (χ0v) is 11.1. The van der Waals surface area contributed by atoms with Gasteiger partial charge in [0.2, 0.25) is 5.91 Å². The van der Waals surface area contributed by atoms with E-state index in [1.807, 2.05) is 13.8 Å². The smallest absolute Gasteiger partial charge is 0.224 e. The number of carbonyl (C=O) groups excluding carboxylic acids is 1. The standard InChI is InChI=1S/C11H12ClN3OS/c1-6(2)5-9(16)13-10-7(12)3-4-8-11(10)15-17-14-8/h3-4,6H,5H2,1-2H3,(H,13,16). The lowest BCUT2D eigenvalue weighted by Gasteiger charge is -2.08. The second-order valence-corrected chi connectivity index (χ2v) is 5.14. The van der Waals surface area contributed by atoms with Crippen molar-refractivity contribution in [3.63, 3.8) is 0 Å². The van der Waals surface area contributed by atoms with Gasteiger partial charge in [0.1, 0.15) is 11.0 Å². The summed E-state index contributed by atoms with van der Waals surface area (Å²) in [4.78, 5) is 11.7. The second-order valence-electron chi connectivity index (χ2n) is 4.20. The first-order valence-corrected chi connectivity index (χ1v) is 6.39. The number of carbonyl (C=O) groups is 1. The molecule has 90 valence electrons. The summed E-state index contributed by atoms with van der Waals surface area (Å²) in [6.45, 7) is 3.98. The van der Waals surface area contributed by atoms with Crippen molar-refractivity contribution in [1.82, 2.24) is 8.75 Å². The van der Waals surface area contributed by atoms with Crippen molar-refractivity contribution in [3.05, 3.63) is 17.2 Å². The van der Waals surface area contributed by atoms with Crippen LogP contribution in [0.25, 0.3) is 11.0 Å². The minimum Gasteiger partial charge on any atom is -0.323 e. The van der Waals surface area contributed by atoms with Crippen molar-refractivity contribution >= 4 is 46.0 Å². The zero-order valence-electron chi connectivity index (χ0n) is 9.53. The van der Waals surface area contributed by atoms with E-state index in [9.17, 15) is 4.79 Å². The molecule has 0 fully saturated rings. The van der Waals surface area contributed by atoms with Gasteiger partial charge in [0.05, 0.1) is 22.4 Å². The van der Waals surface area contributed by atoms with Crippen LogP contribution in [0.2, 0.25) is 5.02 Å². The third kappa shape index (κ3) is 2.73. The first kappa shape index (κ1) is 12.3. The highest BCUT2D eigenvalue weighted by Crippen LogP contribution is 2.30. The maximum absolute atomic E-state index is 11.7. The topological polar surface area (TPSA) is 54.9 Å². The Bertz CT molecular complexity index is 553. The van der Waals surface area contributed by atoms with E-state index >= 15 is 0 Å². The van der Waals surface area contributed by atoms with Gasteiger partial charge in [0.25, 0.3) is 0 Å². The largest absolute Gasteiger partial charge is 0.323 e. The molecule has 0 aliphatic carbocycles. The summed E-state index contributed by atoms with van der Waals surface area (Å²) < 4.78 is 8.25. The van der Waals surface area contributed by atoms with Crippen LogP contribution in [0, 0.1) is 5.92 Å². The number of halogens is 1. The molecular formula is C11H12ClN3OS. The van der Waals surface area contributed by atoms with Crippen molar-refractivity contribution in [2.24, 2.45) is 5.92 Å². The molecule has 17 heavy (non-hydrogen) atoms. The highest BCUT2D eigenvalue weighted by molar-refractivity contribution is 7.00. The molecule has 2 aromatic rings. The second kappa shape index (κ2) is 4.98. The number of nitrogens with one attached hydrogen (secondary N) is 1. The Morgan fingerprint density at radius 3 is 2.94 bits per heavy atom. The molecular weight excluding hydrogens is 258 g/mol.